The molecule has 0 saturated carbocycles. The Balaban J connectivity index is 1.62. The van der Waals surface area contributed by atoms with Crippen molar-refractivity contribution in [2.24, 2.45) is 0 Å². The maximum absolute atomic E-state index is 3.52. The Morgan fingerprint density at radius 2 is 1.95 bits per heavy atom. The third-order valence-corrected chi connectivity index (χ3v) is 4.70. The smallest absolute Gasteiger partial charge is 0.0415 e. The van der Waals surface area contributed by atoms with Crippen molar-refractivity contribution < 1.29 is 0 Å². The van der Waals surface area contributed by atoms with Gasteiger partial charge in [0, 0.05) is 51.5 Å². The lowest BCUT2D eigenvalue weighted by molar-refractivity contribution is 0.229. The molecule has 116 valence electrons. The van der Waals surface area contributed by atoms with Crippen LogP contribution in [0.4, 0.5) is 5.69 Å². The van der Waals surface area contributed by atoms with Crippen LogP contribution >= 0.6 is 0 Å². The largest absolute Gasteiger partial charge is 0.369 e. The van der Waals surface area contributed by atoms with Gasteiger partial charge in [0.2, 0.25) is 0 Å². The van der Waals surface area contributed by atoms with Gasteiger partial charge in [0.25, 0.3) is 0 Å². The van der Waals surface area contributed by atoms with Crippen molar-refractivity contribution in [1.29, 1.82) is 0 Å². The van der Waals surface area contributed by atoms with Gasteiger partial charge in [-0.05, 0) is 44.3 Å². The van der Waals surface area contributed by atoms with Gasteiger partial charge in [0.15, 0.2) is 0 Å². The van der Waals surface area contributed by atoms with E-state index in [0.29, 0.717) is 0 Å². The van der Waals surface area contributed by atoms with Crippen LogP contribution in [0.5, 0.6) is 0 Å². The summed E-state index contributed by atoms with van der Waals surface area (Å²) in [5.41, 5.74) is 4.54. The van der Waals surface area contributed by atoms with Crippen molar-refractivity contribution in [2.45, 2.75) is 13.0 Å². The van der Waals surface area contributed by atoms with E-state index in [1.54, 1.807) is 5.56 Å². The topological polar surface area (TPSA) is 21.8 Å². The van der Waals surface area contributed by atoms with Crippen molar-refractivity contribution in [1.82, 2.24) is 15.1 Å². The quantitative estimate of drug-likeness (QED) is 0.893. The molecule has 4 heteroatoms. The number of piperazine rings is 1. The van der Waals surface area contributed by atoms with Crippen molar-refractivity contribution in [3.63, 3.8) is 0 Å². The van der Waals surface area contributed by atoms with Crippen molar-refractivity contribution in [3.8, 4) is 0 Å². The molecule has 2 heterocycles. The van der Waals surface area contributed by atoms with Crippen molar-refractivity contribution in [2.75, 3.05) is 64.8 Å². The number of benzene rings is 1. The minimum Gasteiger partial charge on any atom is -0.369 e. The molecule has 0 radical (unpaired) electrons. The predicted molar refractivity (Wildman–Crippen MR) is 89.1 cm³/mol. The van der Waals surface area contributed by atoms with Crippen LogP contribution in [0.15, 0.2) is 18.2 Å². The first-order valence-corrected chi connectivity index (χ1v) is 8.17. The van der Waals surface area contributed by atoms with E-state index in [0.717, 1.165) is 32.7 Å². The highest BCUT2D eigenvalue weighted by Gasteiger charge is 2.21. The van der Waals surface area contributed by atoms with Crippen LogP contribution in [-0.4, -0.2) is 69.7 Å². The fourth-order valence-corrected chi connectivity index (χ4v) is 3.35. The number of hydrogen-bond donors (Lipinski definition) is 1. The first kappa shape index (κ1) is 14.8. The summed E-state index contributed by atoms with van der Waals surface area (Å²) in [5, 5.41) is 3.52. The first-order chi connectivity index (χ1) is 10.2. The average Bonchev–Trinajstić information content (AvgIpc) is 2.53. The highest BCUT2D eigenvalue weighted by molar-refractivity contribution is 5.58. The van der Waals surface area contributed by atoms with Crippen LogP contribution in [0.2, 0.25) is 0 Å². The Bertz CT molecular complexity index is 464. The monoisotopic (exact) mass is 288 g/mol. The van der Waals surface area contributed by atoms with Crippen LogP contribution in [0.3, 0.4) is 0 Å². The molecule has 0 aliphatic carbocycles. The predicted octanol–water partition coefficient (Wildman–Crippen LogP) is 1.02. The van der Waals surface area contributed by atoms with Crippen LogP contribution in [-0.2, 0) is 13.0 Å². The van der Waals surface area contributed by atoms with E-state index >= 15 is 0 Å². The van der Waals surface area contributed by atoms with Gasteiger partial charge in [-0.3, -0.25) is 4.90 Å². The number of likely N-dealkylation sites (N-methyl/N-ethyl adjacent to an activating group) is 1. The van der Waals surface area contributed by atoms with Crippen LogP contribution < -0.4 is 10.2 Å². The van der Waals surface area contributed by atoms with Crippen molar-refractivity contribution >= 4 is 5.69 Å². The molecule has 0 spiro atoms. The Hall–Kier alpha value is -1.10. The third-order valence-electron chi connectivity index (χ3n) is 4.70. The molecule has 3 rings (SSSR count). The SMILES string of the molecule is CN(C)CCN1CCN(c2cccc3c2CNCC3)CC1. The maximum atomic E-state index is 3.52. The van der Waals surface area contributed by atoms with Crippen LogP contribution in [0.25, 0.3) is 0 Å². The summed E-state index contributed by atoms with van der Waals surface area (Å²) >= 11 is 0. The number of nitrogens with one attached hydrogen (secondary N) is 1. The lowest BCUT2D eigenvalue weighted by atomic mass is 9.98. The molecule has 0 bridgehead atoms. The molecule has 21 heavy (non-hydrogen) atoms. The Morgan fingerprint density at radius 3 is 2.71 bits per heavy atom. The molecule has 1 fully saturated rings. The van der Waals surface area contributed by atoms with Gasteiger partial charge in [-0.15, -0.1) is 0 Å². The summed E-state index contributed by atoms with van der Waals surface area (Å²) in [5.74, 6) is 0. The molecule has 2 aliphatic rings. The maximum Gasteiger partial charge on any atom is 0.0415 e. The Labute approximate surface area is 128 Å². The average molecular weight is 288 g/mol. The number of rotatable bonds is 4. The summed E-state index contributed by atoms with van der Waals surface area (Å²) < 4.78 is 0. The molecule has 4 nitrogen and oxygen atoms in total. The van der Waals surface area contributed by atoms with Gasteiger partial charge in [-0.25, -0.2) is 0 Å². The van der Waals surface area contributed by atoms with Gasteiger partial charge in [0.1, 0.15) is 0 Å². The molecule has 1 N–H and O–H groups in total. The van der Waals surface area contributed by atoms with E-state index in [2.05, 4.69) is 52.3 Å². The minimum absolute atomic E-state index is 1.03. The number of fused-ring (bicyclic) bond motifs is 1. The highest BCUT2D eigenvalue weighted by atomic mass is 15.3. The summed E-state index contributed by atoms with van der Waals surface area (Å²) in [6.07, 6.45) is 1.17. The summed E-state index contributed by atoms with van der Waals surface area (Å²) in [7, 11) is 4.30. The normalized spacial score (nSPS) is 19.9. The van der Waals surface area contributed by atoms with Gasteiger partial charge in [-0.2, -0.15) is 0 Å². The number of anilines is 1. The zero-order valence-corrected chi connectivity index (χ0v) is 13.4. The summed E-state index contributed by atoms with van der Waals surface area (Å²) in [6, 6.07) is 6.84. The highest BCUT2D eigenvalue weighted by Crippen LogP contribution is 2.27. The molecular formula is C17H28N4. The molecule has 0 amide bonds. The van der Waals surface area contributed by atoms with E-state index in [-0.39, 0.29) is 0 Å². The fraction of sp³-hybridized carbons (Fsp3) is 0.647. The first-order valence-electron chi connectivity index (χ1n) is 8.17. The van der Waals surface area contributed by atoms with Gasteiger partial charge >= 0.3 is 0 Å². The molecule has 2 aliphatic heterocycles. The second-order valence-corrected chi connectivity index (χ2v) is 6.47. The zero-order chi connectivity index (χ0) is 14.7. The van der Waals surface area contributed by atoms with Crippen LogP contribution in [0.1, 0.15) is 11.1 Å². The van der Waals surface area contributed by atoms with Gasteiger partial charge in [-0.1, -0.05) is 12.1 Å². The van der Waals surface area contributed by atoms with Gasteiger partial charge < -0.3 is 15.1 Å². The van der Waals surface area contributed by atoms with Crippen LogP contribution in [0, 0.1) is 0 Å². The lowest BCUT2D eigenvalue weighted by Gasteiger charge is -2.38. The van der Waals surface area contributed by atoms with Gasteiger partial charge in [0.05, 0.1) is 0 Å². The number of nitrogens with zero attached hydrogens (tertiary/aromatic N) is 3. The Kier molecular flexibility index (Phi) is 4.78. The van der Waals surface area contributed by atoms with E-state index in [1.807, 2.05) is 0 Å². The second-order valence-electron chi connectivity index (χ2n) is 6.47. The van der Waals surface area contributed by atoms with E-state index in [1.165, 1.54) is 37.3 Å². The second kappa shape index (κ2) is 6.77. The minimum atomic E-state index is 1.03. The van der Waals surface area contributed by atoms with E-state index in [9.17, 15) is 0 Å². The molecule has 0 aromatic heterocycles. The zero-order valence-electron chi connectivity index (χ0n) is 13.4. The fourth-order valence-electron chi connectivity index (χ4n) is 3.35. The van der Waals surface area contributed by atoms with E-state index in [4.69, 9.17) is 0 Å². The molecule has 0 atom stereocenters. The molecule has 1 aromatic carbocycles. The summed E-state index contributed by atoms with van der Waals surface area (Å²) in [6.45, 7) is 9.19. The van der Waals surface area contributed by atoms with Crippen molar-refractivity contribution in [3.05, 3.63) is 29.3 Å². The molecule has 1 aromatic rings. The third kappa shape index (κ3) is 3.57. The molecule has 1 saturated heterocycles. The number of hydrogen-bond acceptors (Lipinski definition) is 4. The Morgan fingerprint density at radius 1 is 1.14 bits per heavy atom. The molecule has 0 unspecified atom stereocenters. The lowest BCUT2D eigenvalue weighted by Crippen LogP contribution is -2.48. The standard InChI is InChI=1S/C17H28N4/c1-19(2)8-9-20-10-12-21(13-11-20)17-5-3-4-15-6-7-18-14-16(15)17/h3-5,18H,6-14H2,1-2H3. The molecular weight excluding hydrogens is 260 g/mol. The summed E-state index contributed by atoms with van der Waals surface area (Å²) in [4.78, 5) is 7.44. The van der Waals surface area contributed by atoms with E-state index < -0.39 is 0 Å².